The van der Waals surface area contributed by atoms with Gasteiger partial charge < -0.3 is 5.32 Å². The fraction of sp³-hybridized carbons (Fsp3) is 0. The molecular weight excluding hydrogens is 331 g/mol. The Bertz CT molecular complexity index is 691. The minimum absolute atomic E-state index is 0.152. The minimum Gasteiger partial charge on any atom is -0.322 e. The summed E-state index contributed by atoms with van der Waals surface area (Å²) in [6.45, 7) is 0. The number of anilines is 1. The average molecular weight is 339 g/mol. The Balaban J connectivity index is 2.27. The summed E-state index contributed by atoms with van der Waals surface area (Å²) >= 11 is 3.23. The third kappa shape index (κ3) is 3.00. The van der Waals surface area contributed by atoms with Gasteiger partial charge >= 0.3 is 5.69 Å². The van der Waals surface area contributed by atoms with Gasteiger partial charge in [0.15, 0.2) is 0 Å². The molecule has 0 saturated heterocycles. The van der Waals surface area contributed by atoms with Gasteiger partial charge in [-0.15, -0.1) is 0 Å². The van der Waals surface area contributed by atoms with Crippen molar-refractivity contribution in [2.75, 3.05) is 5.32 Å². The lowest BCUT2D eigenvalue weighted by Crippen LogP contribution is -2.12. The van der Waals surface area contributed by atoms with E-state index >= 15 is 0 Å². The van der Waals surface area contributed by atoms with Crippen LogP contribution in [0.3, 0.4) is 0 Å². The molecule has 1 N–H and O–H groups in total. The fourth-order valence-corrected chi connectivity index (χ4v) is 2.04. The van der Waals surface area contributed by atoms with Crippen LogP contribution in [0.25, 0.3) is 0 Å². The molecule has 20 heavy (non-hydrogen) atoms. The molecule has 7 heteroatoms. The molecule has 5 nitrogen and oxygen atoms in total. The first-order valence-electron chi connectivity index (χ1n) is 5.49. The number of halogens is 2. The van der Waals surface area contributed by atoms with Crippen LogP contribution in [0.4, 0.5) is 15.8 Å². The van der Waals surface area contributed by atoms with E-state index in [1.807, 2.05) is 0 Å². The molecule has 2 rings (SSSR count). The van der Waals surface area contributed by atoms with Gasteiger partial charge in [-0.25, -0.2) is 0 Å². The maximum atomic E-state index is 13.2. The Morgan fingerprint density at radius 2 is 1.95 bits per heavy atom. The first kappa shape index (κ1) is 14.1. The van der Waals surface area contributed by atoms with E-state index in [1.54, 1.807) is 24.3 Å². The number of nitro benzene ring substituents is 1. The molecule has 0 aliphatic rings. The number of carbonyl (C=O) groups excluding carboxylic acids is 1. The van der Waals surface area contributed by atoms with Gasteiger partial charge in [-0.1, -0.05) is 12.1 Å². The summed E-state index contributed by atoms with van der Waals surface area (Å²) in [6.07, 6.45) is 0. The van der Waals surface area contributed by atoms with Gasteiger partial charge in [-0.05, 0) is 40.2 Å². The van der Waals surface area contributed by atoms with E-state index < -0.39 is 22.3 Å². The summed E-state index contributed by atoms with van der Waals surface area (Å²) in [5.41, 5.74) is -0.159. The van der Waals surface area contributed by atoms with Crippen molar-refractivity contribution in [1.29, 1.82) is 0 Å². The molecule has 102 valence electrons. The molecule has 0 spiro atoms. The summed E-state index contributed by atoms with van der Waals surface area (Å²) in [5, 5.41) is 13.1. The van der Waals surface area contributed by atoms with Gasteiger partial charge in [0.2, 0.25) is 5.82 Å². The monoisotopic (exact) mass is 338 g/mol. The van der Waals surface area contributed by atoms with Crippen LogP contribution >= 0.6 is 15.9 Å². The van der Waals surface area contributed by atoms with E-state index in [4.69, 9.17) is 0 Å². The lowest BCUT2D eigenvalue weighted by atomic mass is 10.2. The summed E-state index contributed by atoms with van der Waals surface area (Å²) in [7, 11) is 0. The van der Waals surface area contributed by atoms with Crippen LogP contribution in [0.2, 0.25) is 0 Å². The quantitative estimate of drug-likeness (QED) is 0.684. The van der Waals surface area contributed by atoms with Crippen LogP contribution in [-0.4, -0.2) is 10.8 Å². The first-order chi connectivity index (χ1) is 9.49. The summed E-state index contributed by atoms with van der Waals surface area (Å²) in [4.78, 5) is 21.8. The summed E-state index contributed by atoms with van der Waals surface area (Å²) < 4.78 is 13.8. The van der Waals surface area contributed by atoms with Gasteiger partial charge in [0.05, 0.1) is 10.5 Å². The molecule has 0 radical (unpaired) electrons. The van der Waals surface area contributed by atoms with E-state index in [-0.39, 0.29) is 5.69 Å². The fourth-order valence-electron chi connectivity index (χ4n) is 1.57. The Labute approximate surface area is 121 Å². The molecule has 0 heterocycles. The Morgan fingerprint density at radius 1 is 1.25 bits per heavy atom. The Hall–Kier alpha value is -2.28. The van der Waals surface area contributed by atoms with Crippen LogP contribution in [0.1, 0.15) is 10.4 Å². The largest absolute Gasteiger partial charge is 0.322 e. The second-order valence-corrected chi connectivity index (χ2v) is 4.71. The van der Waals surface area contributed by atoms with E-state index in [0.717, 1.165) is 12.1 Å². The second kappa shape index (κ2) is 5.79. The smallest absolute Gasteiger partial charge is 0.306 e. The molecule has 0 atom stereocenters. The highest BCUT2D eigenvalue weighted by Gasteiger charge is 2.16. The lowest BCUT2D eigenvalue weighted by molar-refractivity contribution is -0.387. The molecule has 1 amide bonds. The standard InChI is InChI=1S/C13H8BrFN2O3/c14-10-4-2-1-3-9(10)13(18)16-8-5-6-11(15)12(7-8)17(19)20/h1-7H,(H,16,18). The molecule has 0 aliphatic heterocycles. The van der Waals surface area contributed by atoms with Gasteiger partial charge in [0.25, 0.3) is 5.91 Å². The molecule has 2 aromatic rings. The number of hydrogen-bond donors (Lipinski definition) is 1. The number of hydrogen-bond acceptors (Lipinski definition) is 3. The molecule has 0 aromatic heterocycles. The molecule has 2 aromatic carbocycles. The van der Waals surface area contributed by atoms with Gasteiger partial charge in [-0.2, -0.15) is 4.39 Å². The molecule has 0 unspecified atom stereocenters. The number of nitro groups is 1. The van der Waals surface area contributed by atoms with E-state index in [2.05, 4.69) is 21.2 Å². The second-order valence-electron chi connectivity index (χ2n) is 3.86. The number of nitrogens with one attached hydrogen (secondary N) is 1. The topological polar surface area (TPSA) is 72.2 Å². The van der Waals surface area contributed by atoms with Crippen molar-refractivity contribution in [2.24, 2.45) is 0 Å². The molecule has 0 fully saturated rings. The highest BCUT2D eigenvalue weighted by molar-refractivity contribution is 9.10. The van der Waals surface area contributed by atoms with Gasteiger partial charge in [0, 0.05) is 16.2 Å². The average Bonchev–Trinajstić information content (AvgIpc) is 2.41. The van der Waals surface area contributed by atoms with E-state index in [0.29, 0.717) is 10.0 Å². The van der Waals surface area contributed by atoms with E-state index in [1.165, 1.54) is 6.07 Å². The maximum Gasteiger partial charge on any atom is 0.306 e. The zero-order valence-electron chi connectivity index (χ0n) is 9.97. The third-order valence-corrected chi connectivity index (χ3v) is 3.21. The molecule has 0 bridgehead atoms. The van der Waals surface area contributed by atoms with Gasteiger partial charge in [0.1, 0.15) is 0 Å². The van der Waals surface area contributed by atoms with Crippen LogP contribution in [0.5, 0.6) is 0 Å². The highest BCUT2D eigenvalue weighted by Crippen LogP contribution is 2.23. The van der Waals surface area contributed by atoms with Gasteiger partial charge in [-0.3, -0.25) is 14.9 Å². The summed E-state index contributed by atoms with van der Waals surface area (Å²) in [5.74, 6) is -1.40. The lowest BCUT2D eigenvalue weighted by Gasteiger charge is -2.06. The molecule has 0 aliphatic carbocycles. The number of amides is 1. The first-order valence-corrected chi connectivity index (χ1v) is 6.28. The predicted octanol–water partition coefficient (Wildman–Crippen LogP) is 3.75. The molecular formula is C13H8BrFN2O3. The Morgan fingerprint density at radius 3 is 2.60 bits per heavy atom. The Kier molecular flexibility index (Phi) is 4.09. The van der Waals surface area contributed by atoms with Crippen LogP contribution in [0, 0.1) is 15.9 Å². The maximum absolute atomic E-state index is 13.2. The van der Waals surface area contributed by atoms with Crippen molar-refractivity contribution in [3.63, 3.8) is 0 Å². The van der Waals surface area contributed by atoms with Crippen LogP contribution < -0.4 is 5.32 Å². The van der Waals surface area contributed by atoms with E-state index in [9.17, 15) is 19.3 Å². The van der Waals surface area contributed by atoms with Crippen molar-refractivity contribution in [1.82, 2.24) is 0 Å². The summed E-state index contributed by atoms with van der Waals surface area (Å²) in [6, 6.07) is 9.91. The normalized spacial score (nSPS) is 10.1. The highest BCUT2D eigenvalue weighted by atomic mass is 79.9. The number of carbonyl (C=O) groups is 1. The molecule has 0 saturated carbocycles. The van der Waals surface area contributed by atoms with Crippen LogP contribution in [-0.2, 0) is 0 Å². The number of benzene rings is 2. The minimum atomic E-state index is -0.950. The SMILES string of the molecule is O=C(Nc1ccc(F)c([N+](=O)[O-])c1)c1ccccc1Br. The van der Waals surface area contributed by atoms with Crippen molar-refractivity contribution in [2.45, 2.75) is 0 Å². The van der Waals surface area contributed by atoms with Crippen LogP contribution in [0.15, 0.2) is 46.9 Å². The number of nitrogens with zero attached hydrogens (tertiary/aromatic N) is 1. The van der Waals surface area contributed by atoms with Crippen molar-refractivity contribution < 1.29 is 14.1 Å². The van der Waals surface area contributed by atoms with Crippen molar-refractivity contribution >= 4 is 33.2 Å². The number of rotatable bonds is 3. The van der Waals surface area contributed by atoms with Crippen molar-refractivity contribution in [3.05, 3.63) is 68.4 Å². The zero-order valence-corrected chi connectivity index (χ0v) is 11.6. The zero-order chi connectivity index (χ0) is 14.7. The third-order valence-electron chi connectivity index (χ3n) is 2.52. The van der Waals surface area contributed by atoms with Crippen molar-refractivity contribution in [3.8, 4) is 0 Å². The predicted molar refractivity (Wildman–Crippen MR) is 75.1 cm³/mol.